The van der Waals surface area contributed by atoms with Gasteiger partial charge in [0.05, 0.1) is 17.4 Å². The second-order valence-electron chi connectivity index (χ2n) is 3.78. The molecule has 0 aliphatic heterocycles. The van der Waals surface area contributed by atoms with E-state index in [2.05, 4.69) is 26.3 Å². The highest BCUT2D eigenvalue weighted by Gasteiger charge is 2.15. The summed E-state index contributed by atoms with van der Waals surface area (Å²) in [5.74, 6) is -2.07. The summed E-state index contributed by atoms with van der Waals surface area (Å²) in [6, 6.07) is 1.78. The Morgan fingerprint density at radius 2 is 2.21 bits per heavy atom. The van der Waals surface area contributed by atoms with E-state index in [1.165, 1.54) is 6.20 Å². The predicted molar refractivity (Wildman–Crippen MR) is 69.9 cm³/mol. The van der Waals surface area contributed by atoms with Crippen LogP contribution in [0.1, 0.15) is 17.3 Å². The number of nitrogens with one attached hydrogen (secondary N) is 1. The van der Waals surface area contributed by atoms with Crippen LogP contribution < -0.4 is 5.32 Å². The predicted octanol–water partition coefficient (Wildman–Crippen LogP) is 3.20. The van der Waals surface area contributed by atoms with Crippen molar-refractivity contribution in [1.82, 2.24) is 9.78 Å². The van der Waals surface area contributed by atoms with E-state index in [0.717, 1.165) is 6.07 Å². The Bertz CT molecular complexity index is 604. The number of halogens is 3. The van der Waals surface area contributed by atoms with E-state index in [0.29, 0.717) is 18.2 Å². The largest absolute Gasteiger partial charge is 0.318 e. The Morgan fingerprint density at radius 3 is 2.79 bits per heavy atom. The number of aryl methyl sites for hydroxylation is 1. The van der Waals surface area contributed by atoms with Crippen LogP contribution >= 0.6 is 15.9 Å². The Kier molecular flexibility index (Phi) is 3.94. The first-order chi connectivity index (χ1) is 9.01. The lowest BCUT2D eigenvalue weighted by atomic mass is 10.2. The van der Waals surface area contributed by atoms with E-state index >= 15 is 0 Å². The Hall–Kier alpha value is -1.76. The zero-order chi connectivity index (χ0) is 14.0. The number of carbonyl (C=O) groups is 1. The highest BCUT2D eigenvalue weighted by atomic mass is 79.9. The van der Waals surface area contributed by atoms with E-state index < -0.39 is 17.5 Å². The first-order valence-electron chi connectivity index (χ1n) is 5.49. The molecule has 100 valence electrons. The van der Waals surface area contributed by atoms with Crippen LogP contribution in [0.25, 0.3) is 0 Å². The number of nitrogens with zero attached hydrogens (tertiary/aromatic N) is 2. The number of rotatable bonds is 3. The van der Waals surface area contributed by atoms with Crippen molar-refractivity contribution >= 4 is 27.5 Å². The van der Waals surface area contributed by atoms with Gasteiger partial charge in [-0.25, -0.2) is 8.78 Å². The highest BCUT2D eigenvalue weighted by Crippen LogP contribution is 2.27. The quantitative estimate of drug-likeness (QED) is 0.939. The van der Waals surface area contributed by atoms with Crippen LogP contribution in [0, 0.1) is 11.6 Å². The maximum absolute atomic E-state index is 13.6. The van der Waals surface area contributed by atoms with Crippen LogP contribution in [-0.4, -0.2) is 15.7 Å². The van der Waals surface area contributed by atoms with Gasteiger partial charge in [-0.2, -0.15) is 5.10 Å². The minimum Gasteiger partial charge on any atom is -0.318 e. The van der Waals surface area contributed by atoms with Gasteiger partial charge in [-0.3, -0.25) is 9.48 Å². The molecule has 0 aliphatic rings. The number of benzene rings is 1. The lowest BCUT2D eigenvalue weighted by molar-refractivity contribution is 0.102. The summed E-state index contributed by atoms with van der Waals surface area (Å²) in [6.45, 7) is 2.51. The van der Waals surface area contributed by atoms with Gasteiger partial charge >= 0.3 is 0 Å². The van der Waals surface area contributed by atoms with Gasteiger partial charge in [0, 0.05) is 23.3 Å². The number of carbonyl (C=O) groups excluding carboxylic acids is 1. The molecule has 0 bridgehead atoms. The van der Waals surface area contributed by atoms with Gasteiger partial charge < -0.3 is 5.32 Å². The van der Waals surface area contributed by atoms with Gasteiger partial charge in [-0.15, -0.1) is 0 Å². The number of amides is 1. The molecule has 2 rings (SSSR count). The molecule has 4 nitrogen and oxygen atoms in total. The van der Waals surface area contributed by atoms with Crippen molar-refractivity contribution in [1.29, 1.82) is 0 Å². The minimum absolute atomic E-state index is 0.101. The van der Waals surface area contributed by atoms with Gasteiger partial charge in [0.15, 0.2) is 5.82 Å². The average molecular weight is 330 g/mol. The van der Waals surface area contributed by atoms with E-state index in [-0.39, 0.29) is 10.2 Å². The standard InChI is InChI=1S/C12H10BrF2N3O/c1-2-18-6-7(5-16-18)12(19)17-11-9(13)3-8(14)4-10(11)15/h3-6H,2H2,1H3,(H,17,19). The maximum atomic E-state index is 13.6. The van der Waals surface area contributed by atoms with Gasteiger partial charge in [0.1, 0.15) is 5.82 Å². The van der Waals surface area contributed by atoms with E-state index in [1.54, 1.807) is 10.9 Å². The molecule has 1 N–H and O–H groups in total. The molecule has 1 aromatic heterocycles. The minimum atomic E-state index is -0.844. The summed E-state index contributed by atoms with van der Waals surface area (Å²) in [5.41, 5.74) is 0.202. The monoisotopic (exact) mass is 329 g/mol. The molecule has 0 radical (unpaired) electrons. The summed E-state index contributed by atoms with van der Waals surface area (Å²) in [6.07, 6.45) is 2.93. The first-order valence-corrected chi connectivity index (χ1v) is 6.29. The SMILES string of the molecule is CCn1cc(C(=O)Nc2c(F)cc(F)cc2Br)cn1. The normalized spacial score (nSPS) is 10.5. The van der Waals surface area contributed by atoms with Crippen molar-refractivity contribution in [2.75, 3.05) is 5.32 Å². The fraction of sp³-hybridized carbons (Fsp3) is 0.167. The van der Waals surface area contributed by atoms with Crippen molar-refractivity contribution in [3.63, 3.8) is 0 Å². The molecule has 2 aromatic rings. The van der Waals surface area contributed by atoms with Gasteiger partial charge in [-0.05, 0) is 28.9 Å². The van der Waals surface area contributed by atoms with E-state index in [9.17, 15) is 13.6 Å². The van der Waals surface area contributed by atoms with E-state index in [4.69, 9.17) is 0 Å². The third-order valence-corrected chi connectivity index (χ3v) is 3.09. The van der Waals surface area contributed by atoms with Gasteiger partial charge in [0.2, 0.25) is 0 Å². The van der Waals surface area contributed by atoms with Crippen LogP contribution in [-0.2, 0) is 6.54 Å². The summed E-state index contributed by atoms with van der Waals surface area (Å²) in [4.78, 5) is 11.9. The molecule has 0 aliphatic carbocycles. The van der Waals surface area contributed by atoms with Crippen molar-refractivity contribution in [3.8, 4) is 0 Å². The Morgan fingerprint density at radius 1 is 1.47 bits per heavy atom. The Labute approximate surface area is 116 Å². The summed E-state index contributed by atoms with van der Waals surface area (Å²) in [5, 5.41) is 6.33. The Balaban J connectivity index is 2.24. The molecule has 0 unspecified atom stereocenters. The van der Waals surface area contributed by atoms with Crippen molar-refractivity contribution in [3.05, 3.63) is 46.2 Å². The van der Waals surface area contributed by atoms with Crippen molar-refractivity contribution in [2.24, 2.45) is 0 Å². The number of hydrogen-bond acceptors (Lipinski definition) is 2. The molecular formula is C12H10BrF2N3O. The first kappa shape index (κ1) is 13.7. The molecule has 1 amide bonds. The maximum Gasteiger partial charge on any atom is 0.258 e. The average Bonchev–Trinajstić information content (AvgIpc) is 2.82. The van der Waals surface area contributed by atoms with Crippen molar-refractivity contribution in [2.45, 2.75) is 13.5 Å². The molecule has 1 heterocycles. The number of hydrogen-bond donors (Lipinski definition) is 1. The molecule has 0 atom stereocenters. The molecule has 0 spiro atoms. The summed E-state index contributed by atoms with van der Waals surface area (Å²) < 4.78 is 28.2. The lowest BCUT2D eigenvalue weighted by Crippen LogP contribution is -2.13. The number of anilines is 1. The van der Waals surface area contributed by atoms with Crippen molar-refractivity contribution < 1.29 is 13.6 Å². The smallest absolute Gasteiger partial charge is 0.258 e. The summed E-state index contributed by atoms with van der Waals surface area (Å²) in [7, 11) is 0. The molecule has 19 heavy (non-hydrogen) atoms. The van der Waals surface area contributed by atoms with Crippen LogP contribution in [0.15, 0.2) is 29.0 Å². The topological polar surface area (TPSA) is 46.9 Å². The van der Waals surface area contributed by atoms with E-state index in [1.807, 2.05) is 6.92 Å². The van der Waals surface area contributed by atoms with Gasteiger partial charge in [-0.1, -0.05) is 0 Å². The second kappa shape index (κ2) is 5.48. The third kappa shape index (κ3) is 2.98. The zero-order valence-electron chi connectivity index (χ0n) is 9.95. The molecular weight excluding hydrogens is 320 g/mol. The highest BCUT2D eigenvalue weighted by molar-refractivity contribution is 9.10. The molecule has 0 saturated heterocycles. The van der Waals surface area contributed by atoms with Crippen LogP contribution in [0.3, 0.4) is 0 Å². The summed E-state index contributed by atoms with van der Waals surface area (Å²) >= 11 is 3.00. The number of aromatic nitrogens is 2. The molecule has 0 fully saturated rings. The lowest BCUT2D eigenvalue weighted by Gasteiger charge is -2.07. The molecule has 7 heteroatoms. The molecule has 0 saturated carbocycles. The zero-order valence-corrected chi connectivity index (χ0v) is 11.5. The van der Waals surface area contributed by atoms with Crippen LogP contribution in [0.2, 0.25) is 0 Å². The fourth-order valence-corrected chi connectivity index (χ4v) is 2.01. The molecule has 1 aromatic carbocycles. The van der Waals surface area contributed by atoms with Crippen LogP contribution in [0.5, 0.6) is 0 Å². The van der Waals surface area contributed by atoms with Crippen LogP contribution in [0.4, 0.5) is 14.5 Å². The fourth-order valence-electron chi connectivity index (χ4n) is 1.50. The van der Waals surface area contributed by atoms with Gasteiger partial charge in [0.25, 0.3) is 5.91 Å². The second-order valence-corrected chi connectivity index (χ2v) is 4.64. The third-order valence-electron chi connectivity index (χ3n) is 2.46.